The Hall–Kier alpha value is -6.65. The molecule has 0 bridgehead atoms. The Morgan fingerprint density at radius 1 is 0.429 bits per heavy atom. The van der Waals surface area contributed by atoms with Crippen molar-refractivity contribution in [2.75, 3.05) is 59.1 Å². The molecule has 5 N–H and O–H groups in total. The van der Waals surface area contributed by atoms with Crippen LogP contribution in [-0.4, -0.2) is 160 Å². The van der Waals surface area contributed by atoms with E-state index < -0.39 is 25.0 Å². The minimum Gasteiger partial charge on any atom is -0.478 e. The van der Waals surface area contributed by atoms with Gasteiger partial charge in [-0.1, -0.05) is 137 Å². The second-order valence-electron chi connectivity index (χ2n) is 27.5. The summed E-state index contributed by atoms with van der Waals surface area (Å²) < 4.78 is 17.8. The van der Waals surface area contributed by atoms with Gasteiger partial charge in [0.15, 0.2) is 0 Å². The van der Waals surface area contributed by atoms with Crippen molar-refractivity contribution in [3.8, 4) is 22.3 Å². The molecule has 22 heteroatoms. The second-order valence-corrected chi connectivity index (χ2v) is 29.7. The molecular formula is C76H84BBrCl3N3O14. The Morgan fingerprint density at radius 3 is 0.990 bits per heavy atom. The lowest BCUT2D eigenvalue weighted by molar-refractivity contribution is -0.143. The Kier molecular flexibility index (Phi) is 23.0. The lowest BCUT2D eigenvalue weighted by Gasteiger charge is -2.34. The number of ether oxygens (including phenoxy) is 3. The van der Waals surface area contributed by atoms with Gasteiger partial charge in [0.05, 0.1) is 16.7 Å². The molecular weight excluding hydrogens is 1380 g/mol. The quantitative estimate of drug-likeness (QED) is 0.0716. The fraction of sp³-hybridized carbons (Fsp3) is 0.447. The van der Waals surface area contributed by atoms with E-state index in [-0.39, 0.29) is 70.6 Å². The number of nitrogens with zero attached hydrogens (tertiary/aromatic N) is 3. The van der Waals surface area contributed by atoms with Gasteiger partial charge in [0, 0.05) is 95.2 Å². The molecule has 15 rings (SSSR count). The van der Waals surface area contributed by atoms with Crippen LogP contribution in [0.25, 0.3) is 22.3 Å². The highest BCUT2D eigenvalue weighted by atomic mass is 79.9. The number of carboxylic acid groups (broad SMARTS) is 3. The maximum Gasteiger partial charge on any atom is 0.489 e. The number of hydrogen-bond donors (Lipinski definition) is 5. The number of benzene rings is 6. The number of carbonyl (C=O) groups is 6. The largest absolute Gasteiger partial charge is 0.489 e. The van der Waals surface area contributed by atoms with Crippen molar-refractivity contribution in [1.29, 1.82) is 0 Å². The number of amides is 3. The highest BCUT2D eigenvalue weighted by Crippen LogP contribution is 2.67. The molecule has 1 unspecified atom stereocenters. The Bertz CT molecular complexity index is 3710. The van der Waals surface area contributed by atoms with Gasteiger partial charge in [-0.15, -0.1) is 0 Å². The molecule has 6 aliphatic heterocycles. The predicted octanol–water partition coefficient (Wildman–Crippen LogP) is 14.0. The van der Waals surface area contributed by atoms with Crippen molar-refractivity contribution in [3.05, 3.63) is 180 Å². The van der Waals surface area contributed by atoms with Gasteiger partial charge < -0.3 is 54.3 Å². The first kappa shape index (κ1) is 72.6. The zero-order chi connectivity index (χ0) is 68.3. The molecule has 6 atom stereocenters. The van der Waals surface area contributed by atoms with E-state index in [0.29, 0.717) is 57.3 Å². The van der Waals surface area contributed by atoms with Crippen LogP contribution in [0.2, 0.25) is 15.1 Å². The van der Waals surface area contributed by atoms with E-state index in [0.717, 1.165) is 150 Å². The van der Waals surface area contributed by atoms with Crippen LogP contribution in [0, 0.1) is 16.2 Å². The number of hydrogen-bond acceptors (Lipinski definition) is 11. The number of carbonyl (C=O) groups excluding carboxylic acids is 3. The lowest BCUT2D eigenvalue weighted by Crippen LogP contribution is -2.44. The molecule has 9 fully saturated rings. The third kappa shape index (κ3) is 16.4. The Balaban J connectivity index is 0.000000137. The summed E-state index contributed by atoms with van der Waals surface area (Å²) in [6.45, 7) is 7.31. The Morgan fingerprint density at radius 2 is 0.724 bits per heavy atom. The molecule has 17 nitrogen and oxygen atoms in total. The number of likely N-dealkylation sites (tertiary alicyclic amines) is 3. The molecule has 3 saturated carbocycles. The van der Waals surface area contributed by atoms with Gasteiger partial charge in [0.2, 0.25) is 0 Å². The molecule has 3 amide bonds. The van der Waals surface area contributed by atoms with Crippen molar-refractivity contribution in [2.24, 2.45) is 16.2 Å². The normalized spacial score (nSPS) is 23.4. The van der Waals surface area contributed by atoms with Gasteiger partial charge >= 0.3 is 25.0 Å². The van der Waals surface area contributed by atoms with E-state index in [4.69, 9.17) is 74.4 Å². The zero-order valence-corrected chi connectivity index (χ0v) is 57.8. The van der Waals surface area contributed by atoms with E-state index in [9.17, 15) is 28.8 Å². The topological polar surface area (TPSA) is 241 Å². The van der Waals surface area contributed by atoms with Crippen molar-refractivity contribution < 1.29 is 68.3 Å². The minimum atomic E-state index is -1.68. The lowest BCUT2D eigenvalue weighted by atomic mass is 9.80. The summed E-state index contributed by atoms with van der Waals surface area (Å²) in [5, 5.41) is 45.2. The monoisotopic (exact) mass is 1460 g/mol. The summed E-state index contributed by atoms with van der Waals surface area (Å²) in [4.78, 5) is 76.3. The molecule has 6 heterocycles. The molecule has 0 radical (unpaired) electrons. The first-order chi connectivity index (χ1) is 46.6. The van der Waals surface area contributed by atoms with Crippen LogP contribution in [-0.2, 0) is 28.6 Å². The van der Waals surface area contributed by atoms with Crippen LogP contribution in [0.3, 0.4) is 0 Å². The van der Waals surface area contributed by atoms with E-state index in [1.807, 2.05) is 14.7 Å². The van der Waals surface area contributed by atoms with E-state index in [1.165, 1.54) is 66.3 Å². The van der Waals surface area contributed by atoms with E-state index >= 15 is 0 Å². The molecule has 9 aliphatic rings. The van der Waals surface area contributed by atoms with Gasteiger partial charge in [-0.05, 0) is 207 Å². The van der Waals surface area contributed by atoms with E-state index in [2.05, 4.69) is 88.7 Å². The molecule has 6 aromatic carbocycles. The summed E-state index contributed by atoms with van der Waals surface area (Å²) in [5.74, 6) is -0.690. The highest BCUT2D eigenvalue weighted by Gasteiger charge is 2.58. The maximum absolute atomic E-state index is 12.6. The first-order valence-electron chi connectivity index (χ1n) is 33.8. The number of rotatable bonds is 12. The summed E-state index contributed by atoms with van der Waals surface area (Å²) in [6, 6.07) is 39.1. The van der Waals surface area contributed by atoms with Crippen molar-refractivity contribution >= 4 is 98.9 Å². The molecule has 3 spiro atoms. The fourth-order valence-corrected chi connectivity index (χ4v) is 16.8. The van der Waals surface area contributed by atoms with Gasteiger partial charge in [-0.3, -0.25) is 14.4 Å². The molecule has 6 saturated heterocycles. The van der Waals surface area contributed by atoms with Crippen LogP contribution >= 0.6 is 50.7 Å². The van der Waals surface area contributed by atoms with Gasteiger partial charge in [0.1, 0.15) is 18.3 Å². The summed E-state index contributed by atoms with van der Waals surface area (Å²) >= 11 is 21.7. The number of piperidine rings is 3. The summed E-state index contributed by atoms with van der Waals surface area (Å²) in [6.07, 6.45) is 15.2. The average molecular weight is 1460 g/mol. The van der Waals surface area contributed by atoms with Crippen LogP contribution in [0.4, 0.5) is 0 Å². The number of halogens is 4. The molecule has 518 valence electrons. The zero-order valence-electron chi connectivity index (χ0n) is 53.9. The predicted molar refractivity (Wildman–Crippen MR) is 381 cm³/mol. The fourth-order valence-electron chi connectivity index (χ4n) is 15.7. The Labute approximate surface area is 596 Å². The van der Waals surface area contributed by atoms with Gasteiger partial charge in [-0.2, -0.15) is 0 Å². The van der Waals surface area contributed by atoms with Crippen LogP contribution in [0.15, 0.2) is 132 Å². The van der Waals surface area contributed by atoms with Crippen LogP contribution < -0.4 is 5.46 Å². The van der Waals surface area contributed by atoms with Crippen molar-refractivity contribution in [1.82, 2.24) is 14.7 Å². The molecule has 0 aromatic heterocycles. The third-order valence-corrected chi connectivity index (χ3v) is 23.4. The van der Waals surface area contributed by atoms with Crippen molar-refractivity contribution in [2.45, 2.75) is 140 Å². The third-order valence-electron chi connectivity index (χ3n) is 21.9. The van der Waals surface area contributed by atoms with E-state index in [1.54, 1.807) is 24.3 Å². The summed E-state index contributed by atoms with van der Waals surface area (Å²) in [5.41, 5.74) is 9.37. The van der Waals surface area contributed by atoms with Crippen LogP contribution in [0.5, 0.6) is 0 Å². The maximum atomic E-state index is 12.6. The second kappa shape index (κ2) is 31.1. The molecule has 3 aliphatic carbocycles. The number of aromatic carboxylic acids is 3. The SMILES string of the molecule is C.O=C(O)c1ccc(-c2ccc([C@@H]3CC34CCN(C(=O)[C@H]3CCCO3)CC4)cc2)c(Cl)c1.O=C(O)c1ccc(-c2ccc([C@H]3CC34CCN(C(=O)[C@H]3CCCO3)CC4)cc2)c(Cl)c1.O=C(O)c1ccc(B(O)O)c(Cl)c1.O=C([C@H]1CCCO1)N1CCC2(CC1)CC2c1ccc(Br)cc1. The summed E-state index contributed by atoms with van der Waals surface area (Å²) in [7, 11) is -1.68. The minimum absolute atomic E-state index is 0. The molecule has 6 aromatic rings. The number of carboxylic acids is 3. The first-order valence-corrected chi connectivity index (χ1v) is 35.7. The standard InChI is InChI=1S/2C25H26ClNO4.C18H22BrNO2.C7H6BClO4.CH4/c2*26-21-14-18(24(29)30)7-8-19(21)16-3-5-17(6-4-16)20-15-25(20)9-11-27(12-10-25)23(28)22-2-1-13-31-22;19-14-5-3-13(4-6-14)15-12-18(15)7-9-20(10-8-18)17(21)16-2-1-11-22-16;9-6-3-4(7(10)11)1-2-5(6)8(12)13;/h2*3-8,14,20,22H,1-2,9-13,15H2,(H,29,30);3-6,15-16H,1-2,7-12H2;1-3,12-13H,(H,10,11);1H4/t20-,22+;20-,22-;15?,16-;;/m011../s1. The van der Waals surface area contributed by atoms with Crippen LogP contribution in [0.1, 0.15) is 169 Å². The highest BCUT2D eigenvalue weighted by molar-refractivity contribution is 9.10. The van der Waals surface area contributed by atoms with Gasteiger partial charge in [0.25, 0.3) is 17.7 Å². The van der Waals surface area contributed by atoms with Crippen molar-refractivity contribution in [3.63, 3.8) is 0 Å². The smallest absolute Gasteiger partial charge is 0.478 e. The molecule has 98 heavy (non-hydrogen) atoms. The average Bonchev–Trinajstić information content (AvgIpc) is 1.59. The van der Waals surface area contributed by atoms with Gasteiger partial charge in [-0.25, -0.2) is 14.4 Å².